The summed E-state index contributed by atoms with van der Waals surface area (Å²) in [5.41, 5.74) is 5.82. The smallest absolute Gasteiger partial charge is 0.161 e. The van der Waals surface area contributed by atoms with E-state index in [4.69, 9.17) is 0 Å². The van der Waals surface area contributed by atoms with Crippen molar-refractivity contribution in [1.29, 1.82) is 0 Å². The van der Waals surface area contributed by atoms with Crippen LogP contribution >= 0.6 is 0 Å². The van der Waals surface area contributed by atoms with Gasteiger partial charge in [-0.1, -0.05) is 45.0 Å². The third kappa shape index (κ3) is 3.01. The molecule has 0 amide bonds. The Balaban J connectivity index is 0.000000994. The molecular formula is C25H32N2O2. The van der Waals surface area contributed by atoms with Crippen LogP contribution in [0.15, 0.2) is 36.4 Å². The summed E-state index contributed by atoms with van der Waals surface area (Å²) >= 11 is 0. The fourth-order valence-corrected chi connectivity index (χ4v) is 5.48. The summed E-state index contributed by atoms with van der Waals surface area (Å²) < 4.78 is 0. The van der Waals surface area contributed by atoms with Crippen LogP contribution in [-0.4, -0.2) is 27.8 Å². The van der Waals surface area contributed by atoms with Gasteiger partial charge in [-0.3, -0.25) is 0 Å². The van der Waals surface area contributed by atoms with Gasteiger partial charge in [-0.05, 0) is 61.4 Å². The van der Waals surface area contributed by atoms with Gasteiger partial charge in [0.15, 0.2) is 11.5 Å². The number of aromatic amines is 1. The van der Waals surface area contributed by atoms with Gasteiger partial charge >= 0.3 is 0 Å². The minimum Gasteiger partial charge on any atom is -0.504 e. The quantitative estimate of drug-likeness (QED) is 0.455. The third-order valence-corrected chi connectivity index (χ3v) is 7.18. The van der Waals surface area contributed by atoms with Gasteiger partial charge in [0, 0.05) is 34.1 Å². The normalized spacial score (nSPS) is 25.2. The Morgan fingerprint density at radius 3 is 2.62 bits per heavy atom. The van der Waals surface area contributed by atoms with Gasteiger partial charge in [-0.25, -0.2) is 0 Å². The molecule has 2 aliphatic rings. The lowest BCUT2D eigenvalue weighted by Crippen LogP contribution is -2.45. The van der Waals surface area contributed by atoms with Crippen LogP contribution in [0.4, 0.5) is 0 Å². The minimum atomic E-state index is -0.0138. The first-order chi connectivity index (χ1) is 14.0. The van der Waals surface area contributed by atoms with Crippen LogP contribution < -0.4 is 5.32 Å². The maximum atomic E-state index is 10.8. The van der Waals surface area contributed by atoms with E-state index in [9.17, 15) is 10.2 Å². The van der Waals surface area contributed by atoms with E-state index >= 15 is 0 Å². The van der Waals surface area contributed by atoms with Crippen molar-refractivity contribution in [2.75, 3.05) is 6.54 Å². The molecule has 1 fully saturated rings. The standard InChI is InChI=1S/C23H26N2O2.C2H6/c1-13-15-5-3-4-6-17(15)25-18(13)12-16-21-14(7-8-19(26)22(21)27)11-20-23(16,2)9-10-24-20;1-2/h3-8,16,20,24-27H,9-12H2,1-2H3;1-2H3. The van der Waals surface area contributed by atoms with Gasteiger partial charge in [0.25, 0.3) is 0 Å². The molecule has 5 rings (SSSR count). The first kappa shape index (κ1) is 19.8. The molecule has 3 atom stereocenters. The lowest BCUT2D eigenvalue weighted by molar-refractivity contribution is 0.193. The Kier molecular flexibility index (Phi) is 5.07. The van der Waals surface area contributed by atoms with Gasteiger partial charge in [0.2, 0.25) is 0 Å². The van der Waals surface area contributed by atoms with Crippen molar-refractivity contribution in [2.45, 2.75) is 58.9 Å². The number of aryl methyl sites for hydroxylation is 1. The number of H-pyrrole nitrogens is 1. The molecule has 1 aromatic heterocycles. The molecule has 1 aliphatic heterocycles. The molecule has 1 aliphatic carbocycles. The van der Waals surface area contributed by atoms with Gasteiger partial charge in [0.05, 0.1) is 0 Å². The van der Waals surface area contributed by atoms with Crippen LogP contribution in [0, 0.1) is 12.3 Å². The third-order valence-electron chi connectivity index (χ3n) is 7.18. The Labute approximate surface area is 173 Å². The average molecular weight is 393 g/mol. The topological polar surface area (TPSA) is 68.3 Å². The molecule has 0 bridgehead atoms. The number of para-hydroxylation sites is 1. The molecule has 4 nitrogen and oxygen atoms in total. The van der Waals surface area contributed by atoms with Crippen molar-refractivity contribution in [3.05, 3.63) is 58.8 Å². The second-order valence-electron chi connectivity index (χ2n) is 8.50. The van der Waals surface area contributed by atoms with Crippen molar-refractivity contribution in [3.8, 4) is 11.5 Å². The SMILES string of the molecule is CC.Cc1c(CC2c3c(ccc(O)c3O)CC3NCCC32C)[nH]c2ccccc12. The molecular weight excluding hydrogens is 360 g/mol. The number of hydrogen-bond acceptors (Lipinski definition) is 3. The van der Waals surface area contributed by atoms with E-state index < -0.39 is 0 Å². The van der Waals surface area contributed by atoms with Crippen LogP contribution in [0.5, 0.6) is 11.5 Å². The Morgan fingerprint density at radius 2 is 1.86 bits per heavy atom. The summed E-state index contributed by atoms with van der Waals surface area (Å²) in [7, 11) is 0. The summed E-state index contributed by atoms with van der Waals surface area (Å²) in [6.45, 7) is 9.52. The van der Waals surface area contributed by atoms with E-state index in [2.05, 4.69) is 48.4 Å². The molecule has 3 aromatic rings. The number of phenols is 2. The zero-order chi connectivity index (χ0) is 20.8. The Bertz CT molecular complexity index is 1040. The number of benzene rings is 2. The van der Waals surface area contributed by atoms with Crippen molar-refractivity contribution < 1.29 is 10.2 Å². The molecule has 2 aromatic carbocycles. The van der Waals surface area contributed by atoms with Crippen molar-refractivity contribution in [1.82, 2.24) is 10.3 Å². The van der Waals surface area contributed by atoms with Gasteiger partial charge in [-0.2, -0.15) is 0 Å². The number of aromatic nitrogens is 1. The Morgan fingerprint density at radius 1 is 1.10 bits per heavy atom. The number of fused-ring (bicyclic) bond motifs is 3. The number of hydrogen-bond donors (Lipinski definition) is 4. The van der Waals surface area contributed by atoms with Gasteiger partial charge < -0.3 is 20.5 Å². The van der Waals surface area contributed by atoms with Crippen LogP contribution in [0.2, 0.25) is 0 Å². The molecule has 4 heteroatoms. The second-order valence-corrected chi connectivity index (χ2v) is 8.50. The maximum Gasteiger partial charge on any atom is 0.161 e. The molecule has 1 saturated heterocycles. The van der Waals surface area contributed by atoms with E-state index in [-0.39, 0.29) is 22.8 Å². The summed E-state index contributed by atoms with van der Waals surface area (Å²) in [5.74, 6) is 0.207. The van der Waals surface area contributed by atoms with Gasteiger partial charge in [-0.15, -0.1) is 0 Å². The number of phenolic OH excluding ortho intramolecular Hbond substituents is 2. The Hall–Kier alpha value is -2.46. The molecule has 0 radical (unpaired) electrons. The molecule has 3 unspecified atom stereocenters. The second kappa shape index (κ2) is 7.42. The van der Waals surface area contributed by atoms with Crippen LogP contribution in [0.3, 0.4) is 0 Å². The van der Waals surface area contributed by atoms with Gasteiger partial charge in [0.1, 0.15) is 0 Å². The molecule has 0 saturated carbocycles. The summed E-state index contributed by atoms with van der Waals surface area (Å²) in [4.78, 5) is 3.61. The summed E-state index contributed by atoms with van der Waals surface area (Å²) in [5, 5.41) is 25.9. The average Bonchev–Trinajstić information content (AvgIpc) is 3.27. The highest BCUT2D eigenvalue weighted by Gasteiger charge is 2.50. The number of aromatic hydroxyl groups is 2. The highest BCUT2D eigenvalue weighted by atomic mass is 16.3. The summed E-state index contributed by atoms with van der Waals surface area (Å²) in [6.07, 6.45) is 2.82. The fourth-order valence-electron chi connectivity index (χ4n) is 5.48. The number of rotatable bonds is 2. The van der Waals surface area contributed by atoms with E-state index in [0.717, 1.165) is 42.5 Å². The molecule has 4 N–H and O–H groups in total. The van der Waals surface area contributed by atoms with Crippen molar-refractivity contribution in [2.24, 2.45) is 5.41 Å². The monoisotopic (exact) mass is 392 g/mol. The largest absolute Gasteiger partial charge is 0.504 e. The fraction of sp³-hybridized carbons (Fsp3) is 0.440. The van der Waals surface area contributed by atoms with Crippen molar-refractivity contribution >= 4 is 10.9 Å². The molecule has 154 valence electrons. The lowest BCUT2D eigenvalue weighted by Gasteiger charge is -2.44. The zero-order valence-electron chi connectivity index (χ0n) is 17.8. The highest BCUT2D eigenvalue weighted by Crippen LogP contribution is 2.55. The van der Waals surface area contributed by atoms with E-state index in [1.807, 2.05) is 19.9 Å². The zero-order valence-corrected chi connectivity index (χ0v) is 17.8. The van der Waals surface area contributed by atoms with E-state index in [1.54, 1.807) is 6.07 Å². The number of nitrogens with one attached hydrogen (secondary N) is 2. The predicted octanol–water partition coefficient (Wildman–Crippen LogP) is 5.16. The predicted molar refractivity (Wildman–Crippen MR) is 119 cm³/mol. The van der Waals surface area contributed by atoms with Crippen LogP contribution in [-0.2, 0) is 12.8 Å². The van der Waals surface area contributed by atoms with Crippen LogP contribution in [0.25, 0.3) is 10.9 Å². The first-order valence-electron chi connectivity index (χ1n) is 10.8. The summed E-state index contributed by atoms with van der Waals surface area (Å²) in [6, 6.07) is 12.4. The van der Waals surface area contributed by atoms with Crippen molar-refractivity contribution in [3.63, 3.8) is 0 Å². The highest BCUT2D eigenvalue weighted by molar-refractivity contribution is 5.84. The van der Waals surface area contributed by atoms with E-state index in [1.165, 1.54) is 16.6 Å². The lowest BCUT2D eigenvalue weighted by atomic mass is 9.60. The molecule has 0 spiro atoms. The minimum absolute atomic E-state index is 0.0138. The van der Waals surface area contributed by atoms with E-state index in [0.29, 0.717) is 6.04 Å². The first-order valence-corrected chi connectivity index (χ1v) is 10.8. The van der Waals surface area contributed by atoms with Crippen LogP contribution in [0.1, 0.15) is 55.5 Å². The molecule has 29 heavy (non-hydrogen) atoms. The molecule has 2 heterocycles. The maximum absolute atomic E-state index is 10.8.